The summed E-state index contributed by atoms with van der Waals surface area (Å²) in [6.07, 6.45) is 1.53. The van der Waals surface area contributed by atoms with Gasteiger partial charge in [-0.25, -0.2) is 0 Å². The van der Waals surface area contributed by atoms with Gasteiger partial charge in [-0.05, 0) is 55.7 Å². The fraction of sp³-hybridized carbons (Fsp3) is 0.375. The van der Waals surface area contributed by atoms with E-state index in [1.807, 2.05) is 18.2 Å². The average molecular weight is 451 g/mol. The van der Waals surface area contributed by atoms with Crippen LogP contribution >= 0.6 is 0 Å². The van der Waals surface area contributed by atoms with Gasteiger partial charge in [-0.2, -0.15) is 0 Å². The normalized spacial score (nSPS) is 16.6. The minimum atomic E-state index is -0.703. The Labute approximate surface area is 189 Å². The van der Waals surface area contributed by atoms with E-state index in [1.54, 1.807) is 25.1 Å². The van der Waals surface area contributed by atoms with Crippen molar-refractivity contribution in [3.63, 3.8) is 0 Å². The molecule has 9 nitrogen and oxygen atoms in total. The van der Waals surface area contributed by atoms with Gasteiger partial charge in [0.05, 0.1) is 11.0 Å². The minimum absolute atomic E-state index is 0.210. The summed E-state index contributed by atoms with van der Waals surface area (Å²) in [7, 11) is 0. The summed E-state index contributed by atoms with van der Waals surface area (Å²) >= 11 is 0. The number of aromatic nitrogens is 2. The van der Waals surface area contributed by atoms with E-state index in [1.165, 1.54) is 4.57 Å². The largest absolute Gasteiger partial charge is 0.454 e. The van der Waals surface area contributed by atoms with Crippen molar-refractivity contribution in [1.29, 1.82) is 0 Å². The van der Waals surface area contributed by atoms with Gasteiger partial charge in [0.1, 0.15) is 0 Å². The van der Waals surface area contributed by atoms with Crippen molar-refractivity contribution in [2.24, 2.45) is 0 Å². The van der Waals surface area contributed by atoms with Crippen LogP contribution in [0.15, 0.2) is 46.0 Å². The molecule has 9 heteroatoms. The maximum Gasteiger partial charge on any atom is 0.316 e. The van der Waals surface area contributed by atoms with Crippen molar-refractivity contribution in [3.8, 4) is 11.5 Å². The highest BCUT2D eigenvalue weighted by Gasteiger charge is 2.36. The Balaban J connectivity index is 1.41. The zero-order valence-corrected chi connectivity index (χ0v) is 18.3. The smallest absolute Gasteiger partial charge is 0.316 e. The molecule has 0 aliphatic carbocycles. The second-order valence-electron chi connectivity index (χ2n) is 8.38. The number of H-pyrrole nitrogens is 1. The predicted molar refractivity (Wildman–Crippen MR) is 121 cm³/mol. The van der Waals surface area contributed by atoms with E-state index in [0.717, 1.165) is 24.2 Å². The van der Waals surface area contributed by atoms with E-state index in [2.05, 4.69) is 10.3 Å². The van der Waals surface area contributed by atoms with E-state index in [0.29, 0.717) is 48.6 Å². The number of carbonyl (C=O) groups is 1. The first-order valence-corrected chi connectivity index (χ1v) is 11.0. The Hall–Kier alpha value is -3.59. The van der Waals surface area contributed by atoms with Crippen LogP contribution in [0, 0.1) is 0 Å². The molecule has 3 heterocycles. The molecule has 1 amide bonds. The molecule has 0 bridgehead atoms. The summed E-state index contributed by atoms with van der Waals surface area (Å²) in [5.41, 5.74) is 0.921. The number of nitrogens with one attached hydrogen (secondary N) is 2. The van der Waals surface area contributed by atoms with Crippen LogP contribution in [-0.4, -0.2) is 42.0 Å². The minimum Gasteiger partial charge on any atom is -0.454 e. The third-order valence-corrected chi connectivity index (χ3v) is 6.58. The van der Waals surface area contributed by atoms with Crippen LogP contribution in [-0.2, 0) is 16.7 Å². The lowest BCUT2D eigenvalue weighted by Gasteiger charge is -2.38. The lowest BCUT2D eigenvalue weighted by Crippen LogP contribution is -2.44. The van der Waals surface area contributed by atoms with Crippen molar-refractivity contribution < 1.29 is 19.0 Å². The molecule has 0 saturated carbocycles. The molecule has 3 aromatic rings. The number of carbonyl (C=O) groups excluding carboxylic acids is 1. The fourth-order valence-electron chi connectivity index (χ4n) is 4.64. The Morgan fingerprint density at radius 3 is 2.67 bits per heavy atom. The molecule has 5 rings (SSSR count). The van der Waals surface area contributed by atoms with Crippen molar-refractivity contribution in [2.45, 2.75) is 31.7 Å². The summed E-state index contributed by atoms with van der Waals surface area (Å²) in [4.78, 5) is 39.7. The molecule has 1 fully saturated rings. The highest BCUT2D eigenvalue weighted by molar-refractivity contribution is 5.97. The van der Waals surface area contributed by atoms with Crippen LogP contribution in [0.25, 0.3) is 11.0 Å². The van der Waals surface area contributed by atoms with E-state index in [-0.39, 0.29) is 18.1 Å². The molecule has 1 aromatic heterocycles. The fourth-order valence-corrected chi connectivity index (χ4v) is 4.64. The van der Waals surface area contributed by atoms with Gasteiger partial charge in [-0.3, -0.25) is 14.4 Å². The van der Waals surface area contributed by atoms with Crippen molar-refractivity contribution in [1.82, 2.24) is 14.9 Å². The molecule has 2 aliphatic rings. The van der Waals surface area contributed by atoms with Gasteiger partial charge in [-0.15, -0.1) is 0 Å². The lowest BCUT2D eigenvalue weighted by molar-refractivity contribution is 0.0486. The van der Waals surface area contributed by atoms with E-state index in [9.17, 15) is 14.4 Å². The number of benzene rings is 2. The number of rotatable bonds is 5. The van der Waals surface area contributed by atoms with Gasteiger partial charge in [-0.1, -0.05) is 6.07 Å². The quantitative estimate of drug-likeness (QED) is 0.574. The van der Waals surface area contributed by atoms with E-state index >= 15 is 0 Å². The number of aryl methyl sites for hydroxylation is 1. The molecular weight excluding hydrogens is 426 g/mol. The third kappa shape index (κ3) is 3.78. The Bertz CT molecular complexity index is 1340. The van der Waals surface area contributed by atoms with Crippen LogP contribution < -0.4 is 25.9 Å². The molecule has 2 N–H and O–H groups in total. The van der Waals surface area contributed by atoms with Crippen LogP contribution in [0.1, 0.15) is 35.7 Å². The molecule has 2 aliphatic heterocycles. The molecule has 0 atom stereocenters. The number of amides is 1. The molecule has 0 spiro atoms. The molecule has 33 heavy (non-hydrogen) atoms. The van der Waals surface area contributed by atoms with Gasteiger partial charge in [0.15, 0.2) is 11.5 Å². The number of hydrogen-bond donors (Lipinski definition) is 2. The summed E-state index contributed by atoms with van der Waals surface area (Å²) in [5, 5.41) is 3.07. The number of aromatic amines is 1. The van der Waals surface area contributed by atoms with Crippen molar-refractivity contribution >= 4 is 16.9 Å². The summed E-state index contributed by atoms with van der Waals surface area (Å²) in [6.45, 7) is 4.01. The van der Waals surface area contributed by atoms with Crippen LogP contribution in [0.4, 0.5) is 0 Å². The maximum atomic E-state index is 13.1. The predicted octanol–water partition coefficient (Wildman–Crippen LogP) is 1.92. The third-order valence-electron chi connectivity index (χ3n) is 6.58. The molecule has 0 unspecified atom stereocenters. The van der Waals surface area contributed by atoms with Crippen LogP contribution in [0.5, 0.6) is 11.5 Å². The molecule has 1 saturated heterocycles. The zero-order chi connectivity index (χ0) is 23.0. The Kier molecular flexibility index (Phi) is 5.41. The van der Waals surface area contributed by atoms with Gasteiger partial charge in [0.2, 0.25) is 6.79 Å². The SMILES string of the molecule is CCn1c(=O)c(=O)[nH]c2cc(C(=O)NCC3(c4ccc5c(c4)OCO5)CCOCC3)ccc21. The maximum absolute atomic E-state index is 13.1. The number of ether oxygens (including phenoxy) is 3. The van der Waals surface area contributed by atoms with Crippen LogP contribution in [0.2, 0.25) is 0 Å². The zero-order valence-electron chi connectivity index (χ0n) is 18.3. The summed E-state index contributed by atoms with van der Waals surface area (Å²) in [5.74, 6) is 1.18. The monoisotopic (exact) mass is 451 g/mol. The second-order valence-corrected chi connectivity index (χ2v) is 8.38. The molecule has 172 valence electrons. The Morgan fingerprint density at radius 1 is 1.09 bits per heavy atom. The second kappa shape index (κ2) is 8.40. The number of hydrogen-bond acceptors (Lipinski definition) is 6. The van der Waals surface area contributed by atoms with Gasteiger partial charge < -0.3 is 29.1 Å². The number of fused-ring (bicyclic) bond motifs is 2. The standard InChI is InChI=1S/C24H25N3O6/c1-2-27-18-5-3-15(11-17(18)26-22(29)23(27)30)21(28)25-13-24(7-9-31-10-8-24)16-4-6-19-20(12-16)33-14-32-19/h3-6,11-12H,2,7-10,13-14H2,1H3,(H,25,28)(H,26,29). The van der Waals surface area contributed by atoms with Gasteiger partial charge in [0, 0.05) is 37.3 Å². The highest BCUT2D eigenvalue weighted by Crippen LogP contribution is 2.40. The van der Waals surface area contributed by atoms with Gasteiger partial charge in [0.25, 0.3) is 5.91 Å². The van der Waals surface area contributed by atoms with Crippen molar-refractivity contribution in [3.05, 3.63) is 68.2 Å². The van der Waals surface area contributed by atoms with E-state index < -0.39 is 11.1 Å². The summed E-state index contributed by atoms with van der Waals surface area (Å²) in [6, 6.07) is 10.9. The van der Waals surface area contributed by atoms with Crippen LogP contribution in [0.3, 0.4) is 0 Å². The lowest BCUT2D eigenvalue weighted by atomic mass is 9.74. The first-order valence-electron chi connectivity index (χ1n) is 11.0. The molecule has 0 radical (unpaired) electrons. The van der Waals surface area contributed by atoms with Crippen molar-refractivity contribution in [2.75, 3.05) is 26.6 Å². The molecule has 2 aromatic carbocycles. The van der Waals surface area contributed by atoms with E-state index in [4.69, 9.17) is 14.2 Å². The van der Waals surface area contributed by atoms with Gasteiger partial charge >= 0.3 is 11.1 Å². The molecular formula is C24H25N3O6. The first-order chi connectivity index (χ1) is 16.0. The average Bonchev–Trinajstić information content (AvgIpc) is 3.32. The number of nitrogens with zero attached hydrogens (tertiary/aromatic N) is 1. The Morgan fingerprint density at radius 2 is 1.88 bits per heavy atom. The summed E-state index contributed by atoms with van der Waals surface area (Å²) < 4.78 is 18.0. The first kappa shape index (κ1) is 21.3. The topological polar surface area (TPSA) is 112 Å². The highest BCUT2D eigenvalue weighted by atomic mass is 16.7.